The molecule has 0 aliphatic carbocycles. The molecule has 18 heavy (non-hydrogen) atoms. The van der Waals surface area contributed by atoms with E-state index in [0.29, 0.717) is 6.42 Å². The highest BCUT2D eigenvalue weighted by molar-refractivity contribution is 5.71. The Labute approximate surface area is 108 Å². The molecule has 1 rings (SSSR count). The summed E-state index contributed by atoms with van der Waals surface area (Å²) in [4.78, 5) is 12.3. The van der Waals surface area contributed by atoms with E-state index in [0.717, 1.165) is 29.0 Å². The Balaban J connectivity index is 3.25. The number of ether oxygens (including phenoxy) is 2. The molecule has 0 heterocycles. The molecule has 0 unspecified atom stereocenters. The molecule has 0 saturated carbocycles. The molecule has 0 aromatic heterocycles. The topological polar surface area (TPSA) is 38.8 Å². The van der Waals surface area contributed by atoms with Crippen molar-refractivity contribution in [2.45, 2.75) is 6.42 Å². The number of anilines is 1. The van der Waals surface area contributed by atoms with Crippen molar-refractivity contribution in [1.29, 1.82) is 0 Å². The maximum absolute atomic E-state index is 10.3. The molecule has 0 saturated heterocycles. The van der Waals surface area contributed by atoms with Crippen LogP contribution in [-0.2, 0) is 4.79 Å². The van der Waals surface area contributed by atoms with Crippen molar-refractivity contribution in [3.8, 4) is 11.5 Å². The second-order valence-corrected chi connectivity index (χ2v) is 3.96. The second-order valence-electron chi connectivity index (χ2n) is 3.96. The minimum atomic E-state index is 0.377. The van der Waals surface area contributed by atoms with E-state index in [1.54, 1.807) is 20.3 Å². The summed E-state index contributed by atoms with van der Waals surface area (Å²) in [5.41, 5.74) is 1.84. The predicted molar refractivity (Wildman–Crippen MR) is 73.6 cm³/mol. The van der Waals surface area contributed by atoms with Crippen LogP contribution in [-0.4, -0.2) is 34.6 Å². The first kappa shape index (κ1) is 14.1. The number of hydrogen-bond acceptors (Lipinski definition) is 4. The number of hydrogen-bond donors (Lipinski definition) is 0. The summed E-state index contributed by atoms with van der Waals surface area (Å²) in [7, 11) is 7.14. The zero-order valence-corrected chi connectivity index (χ0v) is 11.3. The SMILES string of the molecule is COc1cc(N(C)C)cc(OC)c1/C=C/CC=O. The molecule has 4 nitrogen and oxygen atoms in total. The van der Waals surface area contributed by atoms with Gasteiger partial charge in [-0.1, -0.05) is 12.2 Å². The van der Waals surface area contributed by atoms with Gasteiger partial charge in [0.25, 0.3) is 0 Å². The predicted octanol–water partition coefficient (Wildman–Crippen LogP) is 2.37. The normalized spacial score (nSPS) is 10.4. The van der Waals surface area contributed by atoms with Crippen LogP contribution in [0.5, 0.6) is 11.5 Å². The van der Waals surface area contributed by atoms with E-state index in [1.807, 2.05) is 37.2 Å². The third kappa shape index (κ3) is 3.26. The van der Waals surface area contributed by atoms with E-state index >= 15 is 0 Å². The largest absolute Gasteiger partial charge is 0.496 e. The molecular formula is C14H19NO3. The van der Waals surface area contributed by atoms with E-state index in [2.05, 4.69) is 0 Å². The van der Waals surface area contributed by atoms with Crippen LogP contribution >= 0.6 is 0 Å². The summed E-state index contributed by atoms with van der Waals surface area (Å²) in [6.07, 6.45) is 4.85. The first-order valence-corrected chi connectivity index (χ1v) is 5.67. The van der Waals surface area contributed by atoms with Crippen LogP contribution in [0.25, 0.3) is 6.08 Å². The van der Waals surface area contributed by atoms with E-state index in [9.17, 15) is 4.79 Å². The van der Waals surface area contributed by atoms with Gasteiger partial charge in [0.2, 0.25) is 0 Å². The molecule has 4 heteroatoms. The van der Waals surface area contributed by atoms with E-state index < -0.39 is 0 Å². The van der Waals surface area contributed by atoms with Gasteiger partial charge in [0.05, 0.1) is 19.8 Å². The smallest absolute Gasteiger partial charge is 0.131 e. The van der Waals surface area contributed by atoms with Gasteiger partial charge in [-0.3, -0.25) is 0 Å². The number of methoxy groups -OCH3 is 2. The van der Waals surface area contributed by atoms with Gasteiger partial charge in [0.1, 0.15) is 17.8 Å². The first-order chi connectivity index (χ1) is 8.63. The lowest BCUT2D eigenvalue weighted by Gasteiger charge is -2.17. The Morgan fingerprint density at radius 2 is 1.72 bits per heavy atom. The molecule has 0 aliphatic rings. The summed E-state index contributed by atoms with van der Waals surface area (Å²) < 4.78 is 10.7. The Hall–Kier alpha value is -1.97. The summed E-state index contributed by atoms with van der Waals surface area (Å²) in [5.74, 6) is 1.44. The van der Waals surface area contributed by atoms with Crippen molar-refractivity contribution in [2.75, 3.05) is 33.2 Å². The number of nitrogens with zero attached hydrogens (tertiary/aromatic N) is 1. The van der Waals surface area contributed by atoms with Gasteiger partial charge >= 0.3 is 0 Å². The van der Waals surface area contributed by atoms with Gasteiger partial charge in [-0.2, -0.15) is 0 Å². The Morgan fingerprint density at radius 3 is 2.11 bits per heavy atom. The minimum absolute atomic E-state index is 0.377. The van der Waals surface area contributed by atoms with Crippen LogP contribution in [0, 0.1) is 0 Å². The fourth-order valence-corrected chi connectivity index (χ4v) is 1.59. The van der Waals surface area contributed by atoms with Gasteiger partial charge < -0.3 is 19.2 Å². The standard InChI is InChI=1S/C14H19NO3/c1-15(2)11-9-13(17-3)12(7-5-6-8-16)14(10-11)18-4/h5,7-10H,6H2,1-4H3/b7-5+. The van der Waals surface area contributed by atoms with E-state index in [-0.39, 0.29) is 0 Å². The molecule has 0 radical (unpaired) electrons. The Bertz CT molecular complexity index is 414. The molecular weight excluding hydrogens is 230 g/mol. The van der Waals surface area contributed by atoms with Gasteiger partial charge in [-0.15, -0.1) is 0 Å². The quantitative estimate of drug-likeness (QED) is 0.726. The number of aldehydes is 1. The number of carbonyl (C=O) groups excluding carboxylic acids is 1. The molecule has 0 N–H and O–H groups in total. The van der Waals surface area contributed by atoms with Crippen molar-refractivity contribution in [2.24, 2.45) is 0 Å². The zero-order valence-electron chi connectivity index (χ0n) is 11.3. The minimum Gasteiger partial charge on any atom is -0.496 e. The highest BCUT2D eigenvalue weighted by Gasteiger charge is 2.10. The number of benzene rings is 1. The van der Waals surface area contributed by atoms with Crippen molar-refractivity contribution in [1.82, 2.24) is 0 Å². The molecule has 0 amide bonds. The lowest BCUT2D eigenvalue weighted by atomic mass is 10.1. The summed E-state index contributed by atoms with van der Waals surface area (Å²) >= 11 is 0. The highest BCUT2D eigenvalue weighted by Crippen LogP contribution is 2.34. The monoisotopic (exact) mass is 249 g/mol. The molecule has 1 aromatic rings. The Morgan fingerprint density at radius 1 is 1.17 bits per heavy atom. The van der Waals surface area contributed by atoms with Crippen LogP contribution in [0.15, 0.2) is 18.2 Å². The second kappa shape index (κ2) is 6.69. The van der Waals surface area contributed by atoms with E-state index in [1.165, 1.54) is 0 Å². The van der Waals surface area contributed by atoms with Crippen LogP contribution < -0.4 is 14.4 Å². The molecule has 1 aromatic carbocycles. The average molecular weight is 249 g/mol. The molecule has 0 bridgehead atoms. The lowest BCUT2D eigenvalue weighted by Crippen LogP contribution is -2.09. The lowest BCUT2D eigenvalue weighted by molar-refractivity contribution is -0.107. The molecule has 0 fully saturated rings. The third-order valence-corrected chi connectivity index (χ3v) is 2.56. The first-order valence-electron chi connectivity index (χ1n) is 5.67. The fraction of sp³-hybridized carbons (Fsp3) is 0.357. The van der Waals surface area contributed by atoms with Crippen molar-refractivity contribution >= 4 is 18.0 Å². The van der Waals surface area contributed by atoms with Gasteiger partial charge in [-0.25, -0.2) is 0 Å². The molecule has 0 aliphatic heterocycles. The van der Waals surface area contributed by atoms with Gasteiger partial charge in [0.15, 0.2) is 0 Å². The fourth-order valence-electron chi connectivity index (χ4n) is 1.59. The molecule has 0 spiro atoms. The zero-order chi connectivity index (χ0) is 13.5. The van der Waals surface area contributed by atoms with Crippen molar-refractivity contribution < 1.29 is 14.3 Å². The maximum atomic E-state index is 10.3. The molecule has 0 atom stereocenters. The van der Waals surface area contributed by atoms with Crippen LogP contribution in [0.4, 0.5) is 5.69 Å². The van der Waals surface area contributed by atoms with Crippen LogP contribution in [0.3, 0.4) is 0 Å². The van der Waals surface area contributed by atoms with Gasteiger partial charge in [0, 0.05) is 38.3 Å². The van der Waals surface area contributed by atoms with Crippen LogP contribution in [0.1, 0.15) is 12.0 Å². The maximum Gasteiger partial charge on any atom is 0.131 e. The molecule has 98 valence electrons. The van der Waals surface area contributed by atoms with E-state index in [4.69, 9.17) is 9.47 Å². The van der Waals surface area contributed by atoms with Crippen molar-refractivity contribution in [3.05, 3.63) is 23.8 Å². The summed E-state index contributed by atoms with van der Waals surface area (Å²) in [5, 5.41) is 0. The highest BCUT2D eigenvalue weighted by atomic mass is 16.5. The summed E-state index contributed by atoms with van der Waals surface area (Å²) in [6.45, 7) is 0. The van der Waals surface area contributed by atoms with Crippen molar-refractivity contribution in [3.63, 3.8) is 0 Å². The number of rotatable bonds is 6. The number of carbonyl (C=O) groups is 1. The third-order valence-electron chi connectivity index (χ3n) is 2.56. The summed E-state index contributed by atoms with van der Waals surface area (Å²) in [6, 6.07) is 3.87. The van der Waals surface area contributed by atoms with Crippen LogP contribution in [0.2, 0.25) is 0 Å². The Kier molecular flexibility index (Phi) is 5.24. The number of allylic oxidation sites excluding steroid dienone is 1. The average Bonchev–Trinajstić information content (AvgIpc) is 2.38. The van der Waals surface area contributed by atoms with Gasteiger partial charge in [-0.05, 0) is 0 Å².